The van der Waals surface area contributed by atoms with E-state index in [9.17, 15) is 0 Å². The lowest BCUT2D eigenvalue weighted by atomic mass is 9.86. The van der Waals surface area contributed by atoms with Gasteiger partial charge in [0, 0.05) is 23.3 Å². The van der Waals surface area contributed by atoms with Crippen LogP contribution in [0.2, 0.25) is 0 Å². The first-order valence-corrected chi connectivity index (χ1v) is 13.7. The minimum Gasteiger partial charge on any atom is -0.125 e. The fourth-order valence-electron chi connectivity index (χ4n) is 7.61. The van der Waals surface area contributed by atoms with Gasteiger partial charge in [0.25, 0.3) is 0 Å². The van der Waals surface area contributed by atoms with Crippen LogP contribution >= 0.6 is 0 Å². The summed E-state index contributed by atoms with van der Waals surface area (Å²) in [6.07, 6.45) is 11.2. The van der Waals surface area contributed by atoms with Crippen LogP contribution in [0, 0.1) is 6.92 Å². The highest BCUT2D eigenvalue weighted by molar-refractivity contribution is 5.86. The molecule has 0 radical (unpaired) electrons. The Hall–Kier alpha value is -3.52. The smallest absolute Gasteiger partial charge is 0.125 e. The molecule has 0 amide bonds. The molecule has 4 aromatic rings. The Balaban J connectivity index is 1.52. The summed E-state index contributed by atoms with van der Waals surface area (Å²) in [5.74, 6) is 0.474. The lowest BCUT2D eigenvalue weighted by Gasteiger charge is -2.19. The molecule has 0 N–H and O–H groups in total. The van der Waals surface area contributed by atoms with Crippen LogP contribution in [-0.4, -0.2) is 0 Å². The van der Waals surface area contributed by atoms with Gasteiger partial charge in [0.15, 0.2) is 12.4 Å². The number of hydrogen-bond acceptors (Lipinski definition) is 0. The average Bonchev–Trinajstić information content (AvgIpc) is 3.51. The van der Waals surface area contributed by atoms with Crippen molar-refractivity contribution in [3.63, 3.8) is 0 Å². The molecular weight excluding hydrogens is 436 g/mol. The highest BCUT2D eigenvalue weighted by atomic mass is 15.3. The molecule has 1 unspecified atom stereocenters. The van der Waals surface area contributed by atoms with Crippen molar-refractivity contribution in [2.24, 2.45) is 0 Å². The molecule has 2 aromatic heterocycles. The van der Waals surface area contributed by atoms with E-state index in [1.54, 1.807) is 16.7 Å². The van der Waals surface area contributed by atoms with Crippen molar-refractivity contribution in [3.05, 3.63) is 112 Å². The van der Waals surface area contributed by atoms with Crippen LogP contribution in [0.1, 0.15) is 78.8 Å². The van der Waals surface area contributed by atoms with E-state index in [-0.39, 0.29) is 0 Å². The fraction of sp³-hybridized carbons (Fsp3) is 0.294. The summed E-state index contributed by atoms with van der Waals surface area (Å²) in [5.41, 5.74) is 17.0. The number of rotatable bonds is 1. The van der Waals surface area contributed by atoms with E-state index in [1.165, 1.54) is 76.0 Å². The second kappa shape index (κ2) is 7.03. The molecule has 0 saturated heterocycles. The molecule has 176 valence electrons. The molecule has 0 fully saturated rings. The topological polar surface area (TPSA) is 7.76 Å². The number of nitrogens with zero attached hydrogens (tertiary/aromatic N) is 2. The maximum atomic E-state index is 2.62. The number of aryl methyl sites for hydroxylation is 1. The minimum atomic E-state index is -0.397. The second-order valence-corrected chi connectivity index (χ2v) is 11.5. The molecule has 2 heteroatoms. The molecule has 2 aromatic carbocycles. The Labute approximate surface area is 213 Å². The Kier molecular flexibility index (Phi) is 4.03. The van der Waals surface area contributed by atoms with Gasteiger partial charge in [-0.2, -0.15) is 0 Å². The van der Waals surface area contributed by atoms with Crippen LogP contribution < -0.4 is 9.13 Å². The van der Waals surface area contributed by atoms with Crippen LogP contribution in [0.25, 0.3) is 28.1 Å². The zero-order valence-electron chi connectivity index (χ0n) is 21.4. The van der Waals surface area contributed by atoms with Gasteiger partial charge in [-0.1, -0.05) is 37.6 Å². The van der Waals surface area contributed by atoms with Gasteiger partial charge in [0.1, 0.15) is 11.1 Å². The zero-order valence-corrected chi connectivity index (χ0v) is 21.4. The Morgan fingerprint density at radius 3 is 2.44 bits per heavy atom. The third kappa shape index (κ3) is 2.38. The fourth-order valence-corrected chi connectivity index (χ4v) is 7.61. The number of hydrogen-bond donors (Lipinski definition) is 0. The van der Waals surface area contributed by atoms with Crippen molar-refractivity contribution < 1.29 is 9.13 Å². The van der Waals surface area contributed by atoms with E-state index in [0.29, 0.717) is 5.92 Å². The molecule has 36 heavy (non-hydrogen) atoms. The van der Waals surface area contributed by atoms with E-state index in [0.717, 1.165) is 6.42 Å². The maximum absolute atomic E-state index is 2.62. The number of pyridine rings is 2. The number of fused-ring (bicyclic) bond motifs is 13. The second-order valence-electron chi connectivity index (χ2n) is 11.5. The zero-order chi connectivity index (χ0) is 24.2. The van der Waals surface area contributed by atoms with Crippen molar-refractivity contribution in [2.75, 3.05) is 0 Å². The predicted octanol–water partition coefficient (Wildman–Crippen LogP) is 6.84. The molecule has 0 saturated carbocycles. The van der Waals surface area contributed by atoms with Crippen LogP contribution in [0.15, 0.2) is 78.6 Å². The summed E-state index contributed by atoms with van der Waals surface area (Å²) in [7, 11) is 0. The van der Waals surface area contributed by atoms with Crippen molar-refractivity contribution in [1.29, 1.82) is 0 Å². The molecule has 1 atom stereocenters. The van der Waals surface area contributed by atoms with E-state index in [1.807, 2.05) is 0 Å². The number of allylic oxidation sites excluding steroid dienone is 2. The van der Waals surface area contributed by atoms with Gasteiger partial charge in [-0.25, -0.2) is 0 Å². The van der Waals surface area contributed by atoms with E-state index < -0.39 is 5.66 Å². The van der Waals surface area contributed by atoms with E-state index in [2.05, 4.69) is 103 Å². The number of aromatic nitrogens is 2. The molecule has 4 aliphatic rings. The average molecular weight is 469 g/mol. The van der Waals surface area contributed by atoms with Gasteiger partial charge >= 0.3 is 5.66 Å². The van der Waals surface area contributed by atoms with Gasteiger partial charge in [-0.05, 0) is 92.0 Å². The molecule has 2 aliphatic heterocycles. The van der Waals surface area contributed by atoms with E-state index in [4.69, 9.17) is 0 Å². The molecule has 4 heterocycles. The van der Waals surface area contributed by atoms with Gasteiger partial charge in [-0.15, -0.1) is 9.13 Å². The summed E-state index contributed by atoms with van der Waals surface area (Å²) < 4.78 is 5.19. The Morgan fingerprint density at radius 2 is 1.56 bits per heavy atom. The number of benzene rings is 2. The van der Waals surface area contributed by atoms with Gasteiger partial charge < -0.3 is 0 Å². The quantitative estimate of drug-likeness (QED) is 0.234. The summed E-state index contributed by atoms with van der Waals surface area (Å²) in [5, 5.41) is 0. The third-order valence-corrected chi connectivity index (χ3v) is 9.25. The maximum Gasteiger partial charge on any atom is 0.417 e. The predicted molar refractivity (Wildman–Crippen MR) is 144 cm³/mol. The van der Waals surface area contributed by atoms with Gasteiger partial charge in [0.05, 0.1) is 11.1 Å². The first-order chi connectivity index (χ1) is 17.6. The molecular formula is C34H32N2+2. The summed E-state index contributed by atoms with van der Waals surface area (Å²) >= 11 is 0. The molecule has 1 spiro atoms. The molecule has 2 aliphatic carbocycles. The lowest BCUT2D eigenvalue weighted by Crippen LogP contribution is -2.71. The SMILES string of the molecule is Cc1ccc2[n+](c1)C1(c3ccccc3-2)c2ccc3c(c2-c2ccc(C(C)C)c[n+]21)CC1=C3CCCC1. The Bertz CT molecular complexity index is 1650. The van der Waals surface area contributed by atoms with Gasteiger partial charge in [-0.3, -0.25) is 0 Å². The Morgan fingerprint density at radius 1 is 0.750 bits per heavy atom. The highest BCUT2D eigenvalue weighted by Crippen LogP contribution is 2.52. The summed E-state index contributed by atoms with van der Waals surface area (Å²) in [6, 6.07) is 23.4. The molecule has 8 rings (SSSR count). The summed E-state index contributed by atoms with van der Waals surface area (Å²) in [6.45, 7) is 6.83. The van der Waals surface area contributed by atoms with Crippen LogP contribution in [-0.2, 0) is 12.1 Å². The molecule has 2 nitrogen and oxygen atoms in total. The van der Waals surface area contributed by atoms with Crippen LogP contribution in [0.4, 0.5) is 0 Å². The normalized spacial score (nSPS) is 20.3. The minimum absolute atomic E-state index is 0.397. The van der Waals surface area contributed by atoms with Crippen LogP contribution in [0.3, 0.4) is 0 Å². The van der Waals surface area contributed by atoms with E-state index >= 15 is 0 Å². The lowest BCUT2D eigenvalue weighted by molar-refractivity contribution is -0.955. The highest BCUT2D eigenvalue weighted by Gasteiger charge is 2.67. The first-order valence-electron chi connectivity index (χ1n) is 13.7. The standard InChI is InChI=1S/C34H32N2/c1-21(2)24-13-17-32-33-28-18-23-8-4-5-9-25(23)26(28)14-15-30(33)34(36(32)20-24)29-11-7-6-10-27(29)31-16-12-22(3)19-35(31)34/h6-7,10-17,19-21H,4-5,8-9,18H2,1-3H3/q+2. The van der Waals surface area contributed by atoms with Crippen molar-refractivity contribution in [2.45, 2.75) is 64.5 Å². The van der Waals surface area contributed by atoms with Gasteiger partial charge in [0.2, 0.25) is 11.4 Å². The van der Waals surface area contributed by atoms with Crippen molar-refractivity contribution >= 4 is 5.57 Å². The largest absolute Gasteiger partial charge is 0.417 e. The van der Waals surface area contributed by atoms with Crippen LogP contribution in [0.5, 0.6) is 0 Å². The monoisotopic (exact) mass is 468 g/mol. The first kappa shape index (κ1) is 20.7. The summed E-state index contributed by atoms with van der Waals surface area (Å²) in [4.78, 5) is 0. The van der Waals surface area contributed by atoms with Crippen molar-refractivity contribution in [3.8, 4) is 22.5 Å². The van der Waals surface area contributed by atoms with Crippen molar-refractivity contribution in [1.82, 2.24) is 0 Å². The molecule has 0 bridgehead atoms. The third-order valence-electron chi connectivity index (χ3n) is 9.25.